The average Bonchev–Trinajstić information content (AvgIpc) is 2.26. The second-order valence-corrected chi connectivity index (χ2v) is 3.35. The van der Waals surface area contributed by atoms with Gasteiger partial charge in [0.05, 0.1) is 13.2 Å². The van der Waals surface area contributed by atoms with Gasteiger partial charge in [0.25, 0.3) is 0 Å². The van der Waals surface area contributed by atoms with E-state index >= 15 is 0 Å². The lowest BCUT2D eigenvalue weighted by molar-refractivity contribution is -0.144. The van der Waals surface area contributed by atoms with Gasteiger partial charge >= 0.3 is 5.97 Å². The molecule has 100 valence electrons. The van der Waals surface area contributed by atoms with E-state index in [4.69, 9.17) is 14.6 Å². The first-order valence-corrected chi connectivity index (χ1v) is 5.76. The Kier molecular flexibility index (Phi) is 9.37. The number of carboxylic acid groups (broad SMARTS) is 1. The van der Waals surface area contributed by atoms with Crippen molar-refractivity contribution in [3.8, 4) is 0 Å². The van der Waals surface area contributed by atoms with E-state index < -0.39 is 18.3 Å². The minimum atomic E-state index is -1.12. The smallest absolute Gasteiger partial charge is 0.312 e. The molecule has 0 aliphatic heterocycles. The largest absolute Gasteiger partial charge is 0.481 e. The summed E-state index contributed by atoms with van der Waals surface area (Å²) in [6.45, 7) is 6.49. The third kappa shape index (κ3) is 8.65. The Bertz CT molecular complexity index is 222. The van der Waals surface area contributed by atoms with Gasteiger partial charge in [-0.1, -0.05) is 0 Å². The zero-order chi connectivity index (χ0) is 13.1. The van der Waals surface area contributed by atoms with Crippen LogP contribution in [0, 0.1) is 0 Å². The highest BCUT2D eigenvalue weighted by molar-refractivity contribution is 5.93. The quantitative estimate of drug-likeness (QED) is 0.445. The van der Waals surface area contributed by atoms with Crippen molar-refractivity contribution in [3.05, 3.63) is 0 Å². The number of ether oxygens (including phenoxy) is 2. The van der Waals surface area contributed by atoms with Crippen molar-refractivity contribution in [1.29, 1.82) is 0 Å². The maximum atomic E-state index is 11.6. The Morgan fingerprint density at radius 2 is 1.53 bits per heavy atom. The van der Waals surface area contributed by atoms with E-state index in [9.17, 15) is 9.59 Å². The first-order chi connectivity index (χ1) is 8.11. The van der Waals surface area contributed by atoms with Gasteiger partial charge in [0.15, 0.2) is 0 Å². The summed E-state index contributed by atoms with van der Waals surface area (Å²) in [7, 11) is 0. The Morgan fingerprint density at radius 1 is 1.06 bits per heavy atom. The molecule has 0 spiro atoms. The number of nitrogens with zero attached hydrogens (tertiary/aromatic N) is 1. The number of carbonyl (C=O) groups is 2. The van der Waals surface area contributed by atoms with Crippen LogP contribution in [0.1, 0.15) is 20.3 Å². The summed E-state index contributed by atoms with van der Waals surface area (Å²) in [5.41, 5.74) is 0. The lowest BCUT2D eigenvalue weighted by atomic mass is 10.3. The Hall–Kier alpha value is -1.14. The van der Waals surface area contributed by atoms with Crippen LogP contribution in [-0.2, 0) is 19.1 Å². The summed E-state index contributed by atoms with van der Waals surface area (Å²) in [5, 5.41) is 8.57. The molecule has 1 amide bonds. The molecule has 0 aromatic heterocycles. The van der Waals surface area contributed by atoms with Gasteiger partial charge < -0.3 is 19.5 Å². The molecule has 0 aromatic carbocycles. The van der Waals surface area contributed by atoms with Crippen LogP contribution in [0.4, 0.5) is 0 Å². The minimum absolute atomic E-state index is 0.396. The molecule has 17 heavy (non-hydrogen) atoms. The van der Waals surface area contributed by atoms with Crippen molar-refractivity contribution in [2.75, 3.05) is 39.5 Å². The fourth-order valence-corrected chi connectivity index (χ4v) is 1.24. The molecule has 0 atom stereocenters. The second-order valence-electron chi connectivity index (χ2n) is 3.35. The lowest BCUT2D eigenvalue weighted by Crippen LogP contribution is -2.37. The molecule has 0 aliphatic rings. The maximum Gasteiger partial charge on any atom is 0.312 e. The average molecular weight is 247 g/mol. The van der Waals surface area contributed by atoms with Crippen LogP contribution in [0.15, 0.2) is 0 Å². The maximum absolute atomic E-state index is 11.6. The molecule has 0 unspecified atom stereocenters. The molecular formula is C11H21NO5. The SMILES string of the molecule is CCOCCN(CCOCC)C(=O)CC(=O)O. The molecule has 0 radical (unpaired) electrons. The standard InChI is InChI=1S/C11H21NO5/c1-3-16-7-5-12(6-8-17-4-2)10(13)9-11(14)15/h3-9H2,1-2H3,(H,14,15). The molecule has 0 bridgehead atoms. The number of rotatable bonds is 10. The van der Waals surface area contributed by atoms with E-state index in [0.717, 1.165) is 0 Å². The van der Waals surface area contributed by atoms with Crippen LogP contribution in [0.5, 0.6) is 0 Å². The Labute approximate surface area is 101 Å². The van der Waals surface area contributed by atoms with Gasteiger partial charge in [-0.2, -0.15) is 0 Å². The van der Waals surface area contributed by atoms with Crippen molar-refractivity contribution in [2.45, 2.75) is 20.3 Å². The third-order valence-corrected chi connectivity index (χ3v) is 2.07. The van der Waals surface area contributed by atoms with Crippen molar-refractivity contribution >= 4 is 11.9 Å². The molecule has 0 rings (SSSR count). The van der Waals surface area contributed by atoms with Gasteiger partial charge in [0.2, 0.25) is 5.91 Å². The predicted molar refractivity (Wildman–Crippen MR) is 61.8 cm³/mol. The molecule has 0 saturated carbocycles. The topological polar surface area (TPSA) is 76.1 Å². The fourth-order valence-electron chi connectivity index (χ4n) is 1.24. The van der Waals surface area contributed by atoms with Crippen molar-refractivity contribution in [3.63, 3.8) is 0 Å². The molecule has 0 fully saturated rings. The summed E-state index contributed by atoms with van der Waals surface area (Å²) in [5.74, 6) is -1.52. The van der Waals surface area contributed by atoms with Crippen LogP contribution in [-0.4, -0.2) is 61.4 Å². The summed E-state index contributed by atoms with van der Waals surface area (Å²) >= 11 is 0. The number of carbonyl (C=O) groups excluding carboxylic acids is 1. The van der Waals surface area contributed by atoms with Crippen molar-refractivity contribution in [2.24, 2.45) is 0 Å². The third-order valence-electron chi connectivity index (χ3n) is 2.07. The van der Waals surface area contributed by atoms with Gasteiger partial charge in [-0.3, -0.25) is 9.59 Å². The zero-order valence-electron chi connectivity index (χ0n) is 10.5. The van der Waals surface area contributed by atoms with E-state index in [1.54, 1.807) is 0 Å². The van der Waals surface area contributed by atoms with Crippen LogP contribution >= 0.6 is 0 Å². The molecule has 6 nitrogen and oxygen atoms in total. The van der Waals surface area contributed by atoms with Crippen LogP contribution in [0.25, 0.3) is 0 Å². The molecule has 0 aromatic rings. The van der Waals surface area contributed by atoms with Gasteiger partial charge in [-0.25, -0.2) is 0 Å². The first kappa shape index (κ1) is 15.9. The number of amides is 1. The molecule has 0 saturated heterocycles. The first-order valence-electron chi connectivity index (χ1n) is 5.76. The summed E-state index contributed by atoms with van der Waals surface area (Å²) in [4.78, 5) is 23.5. The normalized spacial score (nSPS) is 10.2. The molecular weight excluding hydrogens is 226 g/mol. The van der Waals surface area contributed by atoms with Gasteiger partial charge in [0.1, 0.15) is 6.42 Å². The molecule has 0 heterocycles. The number of hydrogen-bond acceptors (Lipinski definition) is 4. The van der Waals surface area contributed by atoms with Crippen molar-refractivity contribution in [1.82, 2.24) is 4.90 Å². The highest BCUT2D eigenvalue weighted by Gasteiger charge is 2.16. The van der Waals surface area contributed by atoms with Crippen LogP contribution < -0.4 is 0 Å². The van der Waals surface area contributed by atoms with E-state index in [0.29, 0.717) is 39.5 Å². The second kappa shape index (κ2) is 10.0. The lowest BCUT2D eigenvalue weighted by Gasteiger charge is -2.21. The van der Waals surface area contributed by atoms with Crippen LogP contribution in [0.3, 0.4) is 0 Å². The van der Waals surface area contributed by atoms with Gasteiger partial charge in [0, 0.05) is 26.3 Å². The number of aliphatic carboxylic acids is 1. The summed E-state index contributed by atoms with van der Waals surface area (Å²) < 4.78 is 10.3. The predicted octanol–water partition coefficient (Wildman–Crippen LogP) is 0.363. The summed E-state index contributed by atoms with van der Waals surface area (Å²) in [6, 6.07) is 0. The number of carboxylic acids is 1. The summed E-state index contributed by atoms with van der Waals surface area (Å²) in [6.07, 6.45) is -0.488. The fraction of sp³-hybridized carbons (Fsp3) is 0.818. The van der Waals surface area contributed by atoms with E-state index in [2.05, 4.69) is 0 Å². The monoisotopic (exact) mass is 247 g/mol. The Balaban J connectivity index is 4.07. The molecule has 6 heteroatoms. The zero-order valence-corrected chi connectivity index (χ0v) is 10.5. The van der Waals surface area contributed by atoms with Gasteiger partial charge in [-0.15, -0.1) is 0 Å². The Morgan fingerprint density at radius 3 is 1.88 bits per heavy atom. The molecule has 0 aliphatic carbocycles. The highest BCUT2D eigenvalue weighted by Crippen LogP contribution is 1.96. The number of hydrogen-bond donors (Lipinski definition) is 1. The minimum Gasteiger partial charge on any atom is -0.481 e. The van der Waals surface area contributed by atoms with E-state index in [1.165, 1.54) is 4.90 Å². The molecule has 1 N–H and O–H groups in total. The highest BCUT2D eigenvalue weighted by atomic mass is 16.5. The van der Waals surface area contributed by atoms with Crippen LogP contribution in [0.2, 0.25) is 0 Å². The van der Waals surface area contributed by atoms with Crippen molar-refractivity contribution < 1.29 is 24.2 Å². The van der Waals surface area contributed by atoms with E-state index in [1.807, 2.05) is 13.8 Å². The van der Waals surface area contributed by atoms with E-state index in [-0.39, 0.29) is 0 Å². The van der Waals surface area contributed by atoms with Gasteiger partial charge in [-0.05, 0) is 13.8 Å².